The zero-order valence-corrected chi connectivity index (χ0v) is 46.5. The van der Waals surface area contributed by atoms with Gasteiger partial charge in [-0.05, 0) is 107 Å². The van der Waals surface area contributed by atoms with E-state index in [0.717, 1.165) is 12.0 Å². The number of cyclic esters (lactones) is 1. The minimum absolute atomic E-state index is 0.00895. The van der Waals surface area contributed by atoms with Crippen molar-refractivity contribution in [3.63, 3.8) is 0 Å². The van der Waals surface area contributed by atoms with E-state index in [0.29, 0.717) is 63.4 Å². The molecule has 0 radical (unpaired) electrons. The predicted molar refractivity (Wildman–Crippen MR) is 279 cm³/mol. The molecule has 1 saturated carbocycles. The van der Waals surface area contributed by atoms with Crippen molar-refractivity contribution in [3.8, 4) is 0 Å². The predicted octanol–water partition coefficient (Wildman–Crippen LogP) is 7.18. The number of aliphatic hydroxyl groups excluding tert-OH is 1. The highest BCUT2D eigenvalue weighted by atomic mass is 127. The molecule has 1 amide bonds. The first kappa shape index (κ1) is 61.4. The van der Waals surface area contributed by atoms with Gasteiger partial charge >= 0.3 is 11.9 Å². The lowest BCUT2D eigenvalue weighted by Crippen LogP contribution is -2.61. The number of Topliss-reactive ketones (excluding diaryl/α,β-unsaturated/α-hetero) is 3. The number of halogens is 1. The molecule has 16 nitrogen and oxygen atoms in total. The number of piperidine rings is 1. The normalized spacial score (nSPS) is 36.4. The van der Waals surface area contributed by atoms with Crippen molar-refractivity contribution in [3.05, 3.63) is 47.6 Å². The van der Waals surface area contributed by atoms with Crippen molar-refractivity contribution < 1.29 is 72.1 Å². The van der Waals surface area contributed by atoms with Crippen LogP contribution in [0.1, 0.15) is 126 Å². The third-order valence-corrected chi connectivity index (χ3v) is 15.9. The second-order valence-electron chi connectivity index (χ2n) is 20.8. The number of fused-ring (bicyclic) bond motifs is 3. The molecule has 2 N–H and O–H groups in total. The molecule has 4 rings (SSSR count). The van der Waals surface area contributed by atoms with Crippen LogP contribution in [0.2, 0.25) is 0 Å². The zero-order valence-electron chi connectivity index (χ0n) is 44.4. The summed E-state index contributed by atoms with van der Waals surface area (Å²) >= 11 is 1.94. The SMILES string of the molecule is COC1C[C@@H]2CC[C@@H](C)C(O)(O2)C(=O)C(=O)N2CCCC[C@H]2C(=O)O[C@H]([C@H](C)C[C@@H]2CCC(OCCOC(=O)CI)C(OC)C2)CC(=O)[C@H](C)/C=C(\C)C(O)C(OC)C(=O)[C@H](C)C[C@H](C)/C=C/C=CC=C1C. The van der Waals surface area contributed by atoms with E-state index in [1.54, 1.807) is 41.1 Å². The zero-order chi connectivity index (χ0) is 53.3. The van der Waals surface area contributed by atoms with Crippen LogP contribution in [0.15, 0.2) is 47.6 Å². The summed E-state index contributed by atoms with van der Waals surface area (Å²) in [5.41, 5.74) is 1.25. The molecule has 15 atom stereocenters. The van der Waals surface area contributed by atoms with E-state index in [-0.39, 0.29) is 84.5 Å². The van der Waals surface area contributed by atoms with Crippen LogP contribution in [-0.2, 0) is 61.9 Å². The summed E-state index contributed by atoms with van der Waals surface area (Å²) in [6.07, 6.45) is 11.7. The van der Waals surface area contributed by atoms with E-state index in [1.165, 1.54) is 12.0 Å². The van der Waals surface area contributed by atoms with E-state index in [2.05, 4.69) is 0 Å². The Morgan fingerprint density at radius 1 is 0.875 bits per heavy atom. The highest BCUT2D eigenvalue weighted by Gasteiger charge is 2.53. The lowest BCUT2D eigenvalue weighted by atomic mass is 9.78. The van der Waals surface area contributed by atoms with Crippen molar-refractivity contribution in [1.82, 2.24) is 4.90 Å². The van der Waals surface area contributed by atoms with Crippen molar-refractivity contribution in [1.29, 1.82) is 0 Å². The van der Waals surface area contributed by atoms with Crippen LogP contribution in [0.25, 0.3) is 0 Å². The van der Waals surface area contributed by atoms with Gasteiger partial charge in [-0.3, -0.25) is 24.0 Å². The summed E-state index contributed by atoms with van der Waals surface area (Å²) < 4.78 is 41.3. The number of carbonyl (C=O) groups is 6. The highest BCUT2D eigenvalue weighted by molar-refractivity contribution is 14.1. The van der Waals surface area contributed by atoms with Crippen LogP contribution in [0, 0.1) is 35.5 Å². The van der Waals surface area contributed by atoms with Gasteiger partial charge in [-0.2, -0.15) is 0 Å². The summed E-state index contributed by atoms with van der Waals surface area (Å²) in [6, 6.07) is -1.16. The number of hydrogen-bond acceptors (Lipinski definition) is 15. The highest BCUT2D eigenvalue weighted by Crippen LogP contribution is 2.38. The van der Waals surface area contributed by atoms with Gasteiger partial charge in [-0.15, -0.1) is 0 Å². The van der Waals surface area contributed by atoms with Gasteiger partial charge in [0.1, 0.15) is 36.7 Å². The molecular weight excluding hydrogens is 1040 g/mol. The number of allylic oxidation sites excluding steroid dienone is 6. The Labute approximate surface area is 441 Å². The van der Waals surface area contributed by atoms with Gasteiger partial charge in [0.2, 0.25) is 5.79 Å². The van der Waals surface area contributed by atoms with Crippen molar-refractivity contribution in [2.24, 2.45) is 35.5 Å². The van der Waals surface area contributed by atoms with E-state index in [9.17, 15) is 39.0 Å². The molecule has 3 fully saturated rings. The number of ether oxygens (including phenoxy) is 7. The Balaban J connectivity index is 1.67. The molecule has 72 heavy (non-hydrogen) atoms. The van der Waals surface area contributed by atoms with Crippen molar-refractivity contribution in [2.45, 2.75) is 180 Å². The van der Waals surface area contributed by atoms with Crippen LogP contribution < -0.4 is 0 Å². The number of nitrogens with zero attached hydrogens (tertiary/aromatic N) is 1. The topological polar surface area (TPSA) is 211 Å². The van der Waals surface area contributed by atoms with E-state index in [1.807, 2.05) is 80.7 Å². The number of ketones is 3. The molecule has 3 aliphatic heterocycles. The number of amides is 1. The second kappa shape index (κ2) is 29.8. The van der Waals surface area contributed by atoms with Crippen LogP contribution in [-0.4, -0.2) is 150 Å². The lowest BCUT2D eigenvalue weighted by molar-refractivity contribution is -0.265. The van der Waals surface area contributed by atoms with Gasteiger partial charge in [0, 0.05) is 58.5 Å². The molecule has 3 heterocycles. The molecule has 0 spiro atoms. The number of rotatable bonds is 11. The molecule has 2 bridgehead atoms. The molecule has 17 heteroatoms. The van der Waals surface area contributed by atoms with Crippen molar-refractivity contribution in [2.75, 3.05) is 45.5 Å². The summed E-state index contributed by atoms with van der Waals surface area (Å²) in [5.74, 6) is -8.41. The molecule has 4 aliphatic rings. The average molecular weight is 1130 g/mol. The Bertz CT molecular complexity index is 1950. The number of alkyl halides is 1. The summed E-state index contributed by atoms with van der Waals surface area (Å²) in [5, 5.41) is 23.5. The number of methoxy groups -OCH3 is 3. The maximum Gasteiger partial charge on any atom is 0.329 e. The standard InChI is InChI=1S/C55H84INO15/c1-33-16-12-11-13-17-34(2)45(66-8)30-41-21-19-39(7)55(65,72-41)52(62)53(63)57-23-15-14-18-42(57)54(64)71-46(31-43(58)35(3)27-38(6)50(61)51(68-10)49(60)37(5)26-33)36(4)28-40-20-22-44(47(29-40)67-9)69-24-25-70-48(59)32-56/h11-13,16-17,27,33,35-37,39-42,44-47,50-51,61,65H,14-15,18-26,28-32H2,1-10H3/b13-11?,16-12+,34-17?,38-27+/t33-,35-,36-,37-,39-,40+,41+,42+,44?,45?,46+,47?,50?,51?,55?/m1/s1. The Hall–Kier alpha value is -3.17. The largest absolute Gasteiger partial charge is 0.463 e. The molecule has 406 valence electrons. The van der Waals surface area contributed by atoms with E-state index >= 15 is 0 Å². The molecule has 2 saturated heterocycles. The van der Waals surface area contributed by atoms with Gasteiger partial charge in [-0.1, -0.05) is 93.7 Å². The fourth-order valence-electron chi connectivity index (χ4n) is 10.7. The van der Waals surface area contributed by atoms with E-state index in [4.69, 9.17) is 33.2 Å². The number of esters is 2. The third-order valence-electron chi connectivity index (χ3n) is 15.2. The molecule has 0 aromatic rings. The van der Waals surface area contributed by atoms with E-state index < -0.39 is 77.8 Å². The minimum atomic E-state index is -2.44. The Morgan fingerprint density at radius 2 is 1.61 bits per heavy atom. The van der Waals surface area contributed by atoms with Crippen LogP contribution in [0.5, 0.6) is 0 Å². The van der Waals surface area contributed by atoms with Crippen LogP contribution >= 0.6 is 22.6 Å². The molecule has 0 aromatic carbocycles. The second-order valence-corrected chi connectivity index (χ2v) is 21.5. The van der Waals surface area contributed by atoms with Crippen molar-refractivity contribution >= 4 is 57.8 Å². The fourth-order valence-corrected chi connectivity index (χ4v) is 10.9. The summed E-state index contributed by atoms with van der Waals surface area (Å²) in [4.78, 5) is 84.0. The molecular formula is C55H84INO15. The minimum Gasteiger partial charge on any atom is -0.463 e. The van der Waals surface area contributed by atoms with Crippen LogP contribution in [0.3, 0.4) is 0 Å². The Morgan fingerprint density at radius 3 is 2.29 bits per heavy atom. The maximum absolute atomic E-state index is 14.5. The third kappa shape index (κ3) is 17.2. The number of carbonyl (C=O) groups excluding carboxylic acids is 6. The molecule has 0 aromatic heterocycles. The van der Waals surface area contributed by atoms with Gasteiger partial charge in [0.25, 0.3) is 11.7 Å². The summed E-state index contributed by atoms with van der Waals surface area (Å²) in [7, 11) is 4.58. The van der Waals surface area contributed by atoms with Gasteiger partial charge in [0.15, 0.2) is 5.78 Å². The lowest BCUT2D eigenvalue weighted by Gasteiger charge is -2.42. The number of hydrogen-bond donors (Lipinski definition) is 2. The molecule has 1 aliphatic carbocycles. The van der Waals surface area contributed by atoms with Gasteiger partial charge in [-0.25, -0.2) is 4.79 Å². The monoisotopic (exact) mass is 1130 g/mol. The smallest absolute Gasteiger partial charge is 0.329 e. The number of aliphatic hydroxyl groups is 2. The fraction of sp³-hybridized carbons (Fsp3) is 0.745. The maximum atomic E-state index is 14.5. The van der Waals surface area contributed by atoms with Crippen LogP contribution in [0.4, 0.5) is 0 Å². The quantitative estimate of drug-likeness (QED) is 0.0524. The Kier molecular flexibility index (Phi) is 25.4. The first-order chi connectivity index (χ1) is 34.2. The van der Waals surface area contributed by atoms with Gasteiger partial charge in [0.05, 0.1) is 35.5 Å². The first-order valence-electron chi connectivity index (χ1n) is 26.0. The summed E-state index contributed by atoms with van der Waals surface area (Å²) in [6.45, 7) is 13.1. The molecule has 6 unspecified atom stereocenters. The first-order valence-corrected chi connectivity index (χ1v) is 27.5. The average Bonchev–Trinajstić information content (AvgIpc) is 3.36. The van der Waals surface area contributed by atoms with Gasteiger partial charge < -0.3 is 48.3 Å².